The van der Waals surface area contributed by atoms with Gasteiger partial charge in [0.25, 0.3) is 0 Å². The lowest BCUT2D eigenvalue weighted by molar-refractivity contribution is -0.0103. The molecule has 0 amide bonds. The van der Waals surface area contributed by atoms with Gasteiger partial charge in [0.2, 0.25) is 0 Å². The Morgan fingerprint density at radius 2 is 1.45 bits per heavy atom. The Kier molecular flexibility index (Phi) is 4.98. The molecule has 7 rings (SSSR count). The van der Waals surface area contributed by atoms with Gasteiger partial charge in [-0.15, -0.1) is 10.2 Å². The Morgan fingerprint density at radius 3 is 2.10 bits per heavy atom. The first-order valence-electron chi connectivity index (χ1n) is 11.6. The van der Waals surface area contributed by atoms with E-state index in [0.29, 0.717) is 0 Å². The van der Waals surface area contributed by atoms with E-state index in [9.17, 15) is 0 Å². The van der Waals surface area contributed by atoms with Gasteiger partial charge >= 0.3 is 0 Å². The lowest BCUT2D eigenvalue weighted by Gasteiger charge is -2.56. The number of aromatic nitrogens is 3. The molecule has 158 valence electrons. The summed E-state index contributed by atoms with van der Waals surface area (Å²) in [7, 11) is 0. The second-order valence-electron chi connectivity index (χ2n) is 9.80. The van der Waals surface area contributed by atoms with E-state index < -0.39 is 0 Å². The van der Waals surface area contributed by atoms with Crippen LogP contribution in [0.2, 0.25) is 0 Å². The standard InChI is InChI=1S/C27H29N3S/c1-3-8-20(9-4-1)10-7-13-31-26-29-28-25(30(26)24-11-5-2-6-12-24)27-17-21-14-22(18-27)16-23(15-21)19-27/h1-12,21-23H,13-19H2. The third-order valence-electron chi connectivity index (χ3n) is 7.58. The lowest BCUT2D eigenvalue weighted by Crippen LogP contribution is -2.49. The molecule has 3 aromatic rings. The summed E-state index contributed by atoms with van der Waals surface area (Å²) in [5, 5.41) is 10.6. The minimum atomic E-state index is 0.232. The van der Waals surface area contributed by atoms with Crippen molar-refractivity contribution < 1.29 is 0 Å². The van der Waals surface area contributed by atoms with Gasteiger partial charge in [-0.05, 0) is 74.0 Å². The van der Waals surface area contributed by atoms with E-state index in [0.717, 1.165) is 28.7 Å². The zero-order chi connectivity index (χ0) is 20.7. The van der Waals surface area contributed by atoms with Gasteiger partial charge in [0, 0.05) is 16.9 Å². The van der Waals surface area contributed by atoms with Gasteiger partial charge in [-0.1, -0.05) is 72.4 Å². The van der Waals surface area contributed by atoms with Gasteiger partial charge in [-0.2, -0.15) is 0 Å². The third-order valence-corrected chi connectivity index (χ3v) is 8.46. The van der Waals surface area contributed by atoms with Crippen molar-refractivity contribution in [2.24, 2.45) is 17.8 Å². The van der Waals surface area contributed by atoms with Crippen LogP contribution in [0, 0.1) is 17.8 Å². The summed E-state index contributed by atoms with van der Waals surface area (Å²) in [6, 6.07) is 21.2. The zero-order valence-corrected chi connectivity index (χ0v) is 18.7. The molecule has 1 heterocycles. The van der Waals surface area contributed by atoms with Crippen LogP contribution in [0.4, 0.5) is 0 Å². The fourth-order valence-corrected chi connectivity index (χ4v) is 7.53. The van der Waals surface area contributed by atoms with E-state index in [4.69, 9.17) is 10.2 Å². The molecule has 4 aliphatic carbocycles. The van der Waals surface area contributed by atoms with E-state index >= 15 is 0 Å². The minimum Gasteiger partial charge on any atom is -0.274 e. The maximum atomic E-state index is 4.89. The molecule has 0 N–H and O–H groups in total. The highest BCUT2D eigenvalue weighted by atomic mass is 32.2. The molecule has 4 heteroatoms. The summed E-state index contributed by atoms with van der Waals surface area (Å²) in [6.07, 6.45) is 12.7. The monoisotopic (exact) mass is 427 g/mol. The summed E-state index contributed by atoms with van der Waals surface area (Å²) in [5.41, 5.74) is 2.67. The molecule has 4 aliphatic rings. The predicted molar refractivity (Wildman–Crippen MR) is 127 cm³/mol. The summed E-state index contributed by atoms with van der Waals surface area (Å²) < 4.78 is 2.38. The first kappa shape index (κ1) is 19.4. The van der Waals surface area contributed by atoms with Crippen molar-refractivity contribution in [2.45, 2.75) is 49.1 Å². The van der Waals surface area contributed by atoms with Crippen molar-refractivity contribution in [3.8, 4) is 5.69 Å². The third kappa shape index (κ3) is 3.65. The van der Waals surface area contributed by atoms with E-state index in [1.165, 1.54) is 55.6 Å². The molecular weight excluding hydrogens is 398 g/mol. The fraction of sp³-hybridized carbons (Fsp3) is 0.407. The average Bonchev–Trinajstić information content (AvgIpc) is 3.22. The predicted octanol–water partition coefficient (Wildman–Crippen LogP) is 6.54. The molecule has 0 atom stereocenters. The molecule has 1 aromatic heterocycles. The molecule has 0 radical (unpaired) electrons. The van der Waals surface area contributed by atoms with Gasteiger partial charge in [-0.3, -0.25) is 4.57 Å². The number of nitrogens with zero attached hydrogens (tertiary/aromatic N) is 3. The van der Waals surface area contributed by atoms with Gasteiger partial charge in [-0.25, -0.2) is 0 Å². The van der Waals surface area contributed by atoms with E-state index in [1.807, 2.05) is 0 Å². The van der Waals surface area contributed by atoms with Crippen LogP contribution in [-0.4, -0.2) is 20.5 Å². The van der Waals surface area contributed by atoms with Crippen molar-refractivity contribution in [1.29, 1.82) is 0 Å². The van der Waals surface area contributed by atoms with Crippen LogP contribution in [0.25, 0.3) is 11.8 Å². The Labute approximate surface area is 189 Å². The molecule has 4 fully saturated rings. The Balaban J connectivity index is 1.32. The van der Waals surface area contributed by atoms with Crippen LogP contribution in [0.5, 0.6) is 0 Å². The smallest absolute Gasteiger partial charge is 0.196 e. The van der Waals surface area contributed by atoms with Gasteiger partial charge in [0.05, 0.1) is 0 Å². The van der Waals surface area contributed by atoms with Gasteiger partial charge in [0.1, 0.15) is 5.82 Å². The van der Waals surface area contributed by atoms with E-state index in [-0.39, 0.29) is 5.41 Å². The molecule has 4 bridgehead atoms. The average molecular weight is 428 g/mol. The highest BCUT2D eigenvalue weighted by molar-refractivity contribution is 7.99. The SMILES string of the molecule is C(=Cc1ccccc1)CSc1nnc(C23CC4CC(CC(C4)C2)C3)n1-c1ccccc1. The van der Waals surface area contributed by atoms with Crippen LogP contribution >= 0.6 is 11.8 Å². The Morgan fingerprint density at radius 1 is 0.839 bits per heavy atom. The van der Waals surface area contributed by atoms with Crippen molar-refractivity contribution in [3.05, 3.63) is 78.1 Å². The van der Waals surface area contributed by atoms with Gasteiger partial charge in [0.15, 0.2) is 5.16 Å². The molecule has 2 aromatic carbocycles. The van der Waals surface area contributed by atoms with Crippen LogP contribution in [0.15, 0.2) is 71.9 Å². The maximum Gasteiger partial charge on any atom is 0.196 e. The quantitative estimate of drug-likeness (QED) is 0.418. The van der Waals surface area contributed by atoms with Crippen LogP contribution in [0.1, 0.15) is 49.9 Å². The van der Waals surface area contributed by atoms with Crippen LogP contribution in [-0.2, 0) is 5.41 Å². The number of hydrogen-bond donors (Lipinski definition) is 0. The molecule has 0 unspecified atom stereocenters. The zero-order valence-electron chi connectivity index (χ0n) is 17.9. The summed E-state index contributed by atoms with van der Waals surface area (Å²) in [4.78, 5) is 0. The van der Waals surface area contributed by atoms with Crippen LogP contribution < -0.4 is 0 Å². The number of benzene rings is 2. The summed E-state index contributed by atoms with van der Waals surface area (Å²) >= 11 is 1.79. The van der Waals surface area contributed by atoms with E-state index in [2.05, 4.69) is 77.4 Å². The molecule has 4 saturated carbocycles. The van der Waals surface area contributed by atoms with Crippen molar-refractivity contribution in [1.82, 2.24) is 14.8 Å². The van der Waals surface area contributed by atoms with Crippen LogP contribution in [0.3, 0.4) is 0 Å². The van der Waals surface area contributed by atoms with Crippen molar-refractivity contribution in [2.75, 3.05) is 5.75 Å². The first-order chi connectivity index (χ1) is 15.3. The Bertz CT molecular complexity index is 1040. The topological polar surface area (TPSA) is 30.7 Å². The largest absolute Gasteiger partial charge is 0.274 e. The normalized spacial score (nSPS) is 29.1. The number of hydrogen-bond acceptors (Lipinski definition) is 3. The highest BCUT2D eigenvalue weighted by Crippen LogP contribution is 2.60. The second-order valence-corrected chi connectivity index (χ2v) is 10.8. The number of para-hydroxylation sites is 1. The molecule has 0 aliphatic heterocycles. The molecule has 3 nitrogen and oxygen atoms in total. The number of thioether (sulfide) groups is 1. The maximum absolute atomic E-state index is 4.89. The van der Waals surface area contributed by atoms with Crippen molar-refractivity contribution in [3.63, 3.8) is 0 Å². The van der Waals surface area contributed by atoms with E-state index in [1.54, 1.807) is 11.8 Å². The highest BCUT2D eigenvalue weighted by Gasteiger charge is 2.54. The fourth-order valence-electron chi connectivity index (χ4n) is 6.77. The first-order valence-corrected chi connectivity index (χ1v) is 12.6. The Hall–Kier alpha value is -2.33. The minimum absolute atomic E-state index is 0.232. The van der Waals surface area contributed by atoms with Gasteiger partial charge < -0.3 is 0 Å². The molecule has 31 heavy (non-hydrogen) atoms. The molecular formula is C27H29N3S. The molecule has 0 spiro atoms. The van der Waals surface area contributed by atoms with Crippen molar-refractivity contribution >= 4 is 17.8 Å². The summed E-state index contributed by atoms with van der Waals surface area (Å²) in [6.45, 7) is 0. The number of rotatable bonds is 6. The lowest BCUT2D eigenvalue weighted by atomic mass is 9.49. The molecule has 0 saturated heterocycles. The second kappa shape index (κ2) is 7.98. The summed E-state index contributed by atoms with van der Waals surface area (Å²) in [5.74, 6) is 4.82.